The molecule has 0 radical (unpaired) electrons. The monoisotopic (exact) mass is 315 g/mol. The summed E-state index contributed by atoms with van der Waals surface area (Å²) in [4.78, 5) is 26.2. The van der Waals surface area contributed by atoms with Gasteiger partial charge in [0.15, 0.2) is 0 Å². The lowest BCUT2D eigenvalue weighted by atomic mass is 10.2. The van der Waals surface area contributed by atoms with Gasteiger partial charge in [0, 0.05) is 31.4 Å². The minimum absolute atomic E-state index is 0.0306. The van der Waals surface area contributed by atoms with E-state index in [9.17, 15) is 9.59 Å². The second kappa shape index (κ2) is 6.83. The van der Waals surface area contributed by atoms with E-state index < -0.39 is 0 Å². The van der Waals surface area contributed by atoms with Crippen molar-refractivity contribution in [3.8, 4) is 0 Å². The van der Waals surface area contributed by atoms with E-state index in [1.807, 2.05) is 12.1 Å². The molecule has 122 valence electrons. The van der Waals surface area contributed by atoms with Gasteiger partial charge in [-0.2, -0.15) is 0 Å². The average Bonchev–Trinajstić information content (AvgIpc) is 3.24. The van der Waals surface area contributed by atoms with Crippen LogP contribution in [0.4, 0.5) is 0 Å². The molecule has 0 aliphatic carbocycles. The molecule has 1 fully saturated rings. The highest BCUT2D eigenvalue weighted by molar-refractivity contribution is 5.93. The van der Waals surface area contributed by atoms with Crippen LogP contribution in [-0.2, 0) is 7.05 Å². The Morgan fingerprint density at radius 2 is 2.13 bits per heavy atom. The fourth-order valence-corrected chi connectivity index (χ4v) is 2.92. The summed E-state index contributed by atoms with van der Waals surface area (Å²) in [7, 11) is 1.66. The second-order valence-corrected chi connectivity index (χ2v) is 5.85. The molecule has 1 saturated heterocycles. The molecule has 2 aromatic heterocycles. The molecule has 1 atom stereocenters. The molecule has 1 amide bonds. The largest absolute Gasteiger partial charge is 0.468 e. The molecule has 0 saturated carbocycles. The predicted octanol–water partition coefficient (Wildman–Crippen LogP) is 1.55. The van der Waals surface area contributed by atoms with E-state index in [2.05, 4.69) is 10.2 Å². The van der Waals surface area contributed by atoms with Gasteiger partial charge in [0.05, 0.1) is 12.3 Å². The molecule has 0 spiro atoms. The van der Waals surface area contributed by atoms with E-state index in [0.29, 0.717) is 12.1 Å². The topological polar surface area (TPSA) is 67.5 Å². The lowest BCUT2D eigenvalue weighted by Gasteiger charge is -2.26. The summed E-state index contributed by atoms with van der Waals surface area (Å²) < 4.78 is 6.97. The number of hydrogen-bond acceptors (Lipinski definition) is 4. The minimum atomic E-state index is -0.238. The van der Waals surface area contributed by atoms with Gasteiger partial charge in [0.2, 0.25) is 0 Å². The van der Waals surface area contributed by atoms with Gasteiger partial charge in [-0.3, -0.25) is 14.5 Å². The summed E-state index contributed by atoms with van der Waals surface area (Å²) in [5.41, 5.74) is 0.187. The molecule has 0 unspecified atom stereocenters. The summed E-state index contributed by atoms with van der Waals surface area (Å²) >= 11 is 0. The van der Waals surface area contributed by atoms with E-state index >= 15 is 0 Å². The van der Waals surface area contributed by atoms with Crippen LogP contribution < -0.4 is 10.9 Å². The number of nitrogens with zero attached hydrogens (tertiary/aromatic N) is 2. The Bertz CT molecular complexity index is 715. The Kier molecular flexibility index (Phi) is 4.62. The van der Waals surface area contributed by atoms with Crippen molar-refractivity contribution in [3.05, 3.63) is 58.4 Å². The Labute approximate surface area is 134 Å². The number of carbonyl (C=O) groups excluding carboxylic acids is 1. The predicted molar refractivity (Wildman–Crippen MR) is 86.3 cm³/mol. The summed E-state index contributed by atoms with van der Waals surface area (Å²) in [5.74, 6) is 0.620. The Hall–Kier alpha value is -2.34. The van der Waals surface area contributed by atoms with Crippen molar-refractivity contribution in [2.24, 2.45) is 7.05 Å². The van der Waals surface area contributed by atoms with Crippen LogP contribution >= 0.6 is 0 Å². The Morgan fingerprint density at radius 3 is 2.78 bits per heavy atom. The zero-order valence-electron chi connectivity index (χ0n) is 13.2. The van der Waals surface area contributed by atoms with E-state index in [-0.39, 0.29) is 17.5 Å². The van der Waals surface area contributed by atoms with Gasteiger partial charge >= 0.3 is 0 Å². The first-order valence-corrected chi connectivity index (χ1v) is 7.87. The first-order chi connectivity index (χ1) is 11.1. The molecule has 6 heteroatoms. The summed E-state index contributed by atoms with van der Waals surface area (Å²) in [6.07, 6.45) is 5.59. The number of pyridine rings is 1. The molecule has 1 aliphatic rings. The van der Waals surface area contributed by atoms with Crippen LogP contribution in [0.25, 0.3) is 0 Å². The molecule has 3 heterocycles. The van der Waals surface area contributed by atoms with E-state index in [4.69, 9.17) is 4.42 Å². The third-order valence-electron chi connectivity index (χ3n) is 4.28. The van der Waals surface area contributed by atoms with Gasteiger partial charge in [-0.05, 0) is 44.1 Å². The molecular formula is C17H21N3O3. The number of rotatable bonds is 5. The maximum atomic E-state index is 12.3. The highest BCUT2D eigenvalue weighted by atomic mass is 16.3. The van der Waals surface area contributed by atoms with Crippen molar-refractivity contribution in [1.29, 1.82) is 0 Å². The van der Waals surface area contributed by atoms with Crippen molar-refractivity contribution >= 4 is 5.91 Å². The third kappa shape index (κ3) is 3.53. The molecule has 23 heavy (non-hydrogen) atoms. The Balaban J connectivity index is 1.69. The fourth-order valence-electron chi connectivity index (χ4n) is 2.92. The fraction of sp³-hybridized carbons (Fsp3) is 0.412. The average molecular weight is 315 g/mol. The van der Waals surface area contributed by atoms with Crippen molar-refractivity contribution in [3.63, 3.8) is 0 Å². The number of amides is 1. The van der Waals surface area contributed by atoms with Crippen LogP contribution in [0.15, 0.2) is 45.9 Å². The second-order valence-electron chi connectivity index (χ2n) is 5.85. The molecule has 2 aromatic rings. The number of carbonyl (C=O) groups is 1. The molecule has 6 nitrogen and oxygen atoms in total. The SMILES string of the molecule is Cn1ccc(C(=O)NC[C@@H](c2ccco2)N2CCCC2)cc1=O. The molecule has 1 N–H and O–H groups in total. The van der Waals surface area contributed by atoms with Gasteiger partial charge in [0.1, 0.15) is 5.76 Å². The number of aromatic nitrogens is 1. The molecular weight excluding hydrogens is 294 g/mol. The van der Waals surface area contributed by atoms with Crippen LogP contribution in [0, 0.1) is 0 Å². The zero-order valence-corrected chi connectivity index (χ0v) is 13.2. The van der Waals surface area contributed by atoms with Gasteiger partial charge < -0.3 is 14.3 Å². The normalized spacial score (nSPS) is 16.4. The minimum Gasteiger partial charge on any atom is -0.468 e. The summed E-state index contributed by atoms with van der Waals surface area (Å²) in [6.45, 7) is 2.47. The highest BCUT2D eigenvalue weighted by Crippen LogP contribution is 2.24. The van der Waals surface area contributed by atoms with Crippen LogP contribution in [0.1, 0.15) is 35.0 Å². The number of aryl methyl sites for hydroxylation is 1. The van der Waals surface area contributed by atoms with Gasteiger partial charge in [-0.25, -0.2) is 0 Å². The lowest BCUT2D eigenvalue weighted by molar-refractivity contribution is 0.0933. The molecule has 3 rings (SSSR count). The standard InChI is InChI=1S/C17H21N3O3/c1-19-9-6-13(11-16(19)21)17(22)18-12-14(15-5-4-10-23-15)20-7-2-3-8-20/h4-6,9-11,14H,2-3,7-8,12H2,1H3,(H,18,22)/t14-/m0/s1. The highest BCUT2D eigenvalue weighted by Gasteiger charge is 2.26. The lowest BCUT2D eigenvalue weighted by Crippen LogP contribution is -2.37. The first kappa shape index (κ1) is 15.6. The van der Waals surface area contributed by atoms with Crippen molar-refractivity contribution in [2.45, 2.75) is 18.9 Å². The molecule has 0 bridgehead atoms. The summed E-state index contributed by atoms with van der Waals surface area (Å²) in [6, 6.07) is 6.83. The van der Waals surface area contributed by atoms with E-state index in [0.717, 1.165) is 18.8 Å². The van der Waals surface area contributed by atoms with Crippen LogP contribution in [0.5, 0.6) is 0 Å². The van der Waals surface area contributed by atoms with Crippen LogP contribution in [0.3, 0.4) is 0 Å². The third-order valence-corrected chi connectivity index (χ3v) is 4.28. The van der Waals surface area contributed by atoms with Crippen molar-refractivity contribution < 1.29 is 9.21 Å². The number of furan rings is 1. The Morgan fingerprint density at radius 1 is 1.35 bits per heavy atom. The van der Waals surface area contributed by atoms with E-state index in [1.54, 1.807) is 25.6 Å². The first-order valence-electron chi connectivity index (χ1n) is 7.87. The molecule has 0 aromatic carbocycles. The smallest absolute Gasteiger partial charge is 0.251 e. The van der Waals surface area contributed by atoms with Crippen LogP contribution in [-0.4, -0.2) is 35.0 Å². The molecule has 1 aliphatic heterocycles. The van der Waals surface area contributed by atoms with Gasteiger partial charge in [0.25, 0.3) is 11.5 Å². The van der Waals surface area contributed by atoms with Gasteiger partial charge in [-0.1, -0.05) is 0 Å². The number of nitrogens with one attached hydrogen (secondary N) is 1. The van der Waals surface area contributed by atoms with Crippen molar-refractivity contribution in [1.82, 2.24) is 14.8 Å². The van der Waals surface area contributed by atoms with Crippen LogP contribution in [0.2, 0.25) is 0 Å². The zero-order chi connectivity index (χ0) is 16.2. The maximum Gasteiger partial charge on any atom is 0.251 e. The quantitative estimate of drug-likeness (QED) is 0.909. The number of likely N-dealkylation sites (tertiary alicyclic amines) is 1. The number of hydrogen-bond donors (Lipinski definition) is 1. The van der Waals surface area contributed by atoms with E-state index in [1.165, 1.54) is 23.5 Å². The van der Waals surface area contributed by atoms with Crippen molar-refractivity contribution in [2.75, 3.05) is 19.6 Å². The maximum absolute atomic E-state index is 12.3. The van der Waals surface area contributed by atoms with Gasteiger partial charge in [-0.15, -0.1) is 0 Å². The summed E-state index contributed by atoms with van der Waals surface area (Å²) in [5, 5.41) is 2.92.